The van der Waals surface area contributed by atoms with Crippen molar-refractivity contribution >= 4 is 5.91 Å². The van der Waals surface area contributed by atoms with Crippen molar-refractivity contribution in [3.05, 3.63) is 72.3 Å². The Kier molecular flexibility index (Phi) is 4.78. The maximum Gasteiger partial charge on any atom is 0.227 e. The molecule has 0 radical (unpaired) electrons. The number of benzene rings is 1. The number of likely N-dealkylation sites (tertiary alicyclic amines) is 1. The highest BCUT2D eigenvalue weighted by molar-refractivity contribution is 5.79. The van der Waals surface area contributed by atoms with Crippen molar-refractivity contribution in [2.75, 3.05) is 13.1 Å². The minimum absolute atomic E-state index is 0.170. The Balaban J connectivity index is 1.49. The van der Waals surface area contributed by atoms with Gasteiger partial charge in [-0.05, 0) is 30.0 Å². The first-order valence-corrected chi connectivity index (χ1v) is 9.06. The highest BCUT2D eigenvalue weighted by Crippen LogP contribution is 2.33. The molecule has 5 nitrogen and oxygen atoms in total. The van der Waals surface area contributed by atoms with E-state index in [-0.39, 0.29) is 5.91 Å². The zero-order chi connectivity index (χ0) is 17.8. The van der Waals surface area contributed by atoms with Crippen LogP contribution in [0.1, 0.15) is 30.0 Å². The quantitative estimate of drug-likeness (QED) is 0.787. The fourth-order valence-electron chi connectivity index (χ4n) is 3.68. The molecule has 5 heteroatoms. The molecule has 3 aromatic rings. The topological polar surface area (TPSA) is 61.9 Å². The maximum atomic E-state index is 12.7. The molecule has 1 N–H and O–H groups in total. The zero-order valence-electron chi connectivity index (χ0n) is 14.6. The standard InChI is InChI=1S/C21H22N4O/c26-20(12-16-6-4-10-22-13-16)25-11-5-9-18(15-25)21-19(14-23-24-21)17-7-2-1-3-8-17/h1-4,6-8,10,13-14,18H,5,9,11-12,15H2,(H,23,24)/t18-/m0/s1. The lowest BCUT2D eigenvalue weighted by atomic mass is 9.90. The molecule has 132 valence electrons. The van der Waals surface area contributed by atoms with Gasteiger partial charge < -0.3 is 4.90 Å². The van der Waals surface area contributed by atoms with Crippen LogP contribution in [-0.2, 0) is 11.2 Å². The van der Waals surface area contributed by atoms with Crippen LogP contribution in [0.4, 0.5) is 0 Å². The molecule has 1 atom stereocenters. The number of nitrogens with zero attached hydrogens (tertiary/aromatic N) is 3. The van der Waals surface area contributed by atoms with Gasteiger partial charge in [-0.1, -0.05) is 36.4 Å². The summed E-state index contributed by atoms with van der Waals surface area (Å²) in [7, 11) is 0. The molecule has 3 heterocycles. The van der Waals surface area contributed by atoms with Crippen molar-refractivity contribution < 1.29 is 4.79 Å². The second-order valence-corrected chi connectivity index (χ2v) is 6.78. The minimum atomic E-state index is 0.170. The second-order valence-electron chi connectivity index (χ2n) is 6.78. The summed E-state index contributed by atoms with van der Waals surface area (Å²) in [5.74, 6) is 0.461. The molecule has 0 aliphatic carbocycles. The van der Waals surface area contributed by atoms with Crippen LogP contribution in [0.15, 0.2) is 61.1 Å². The first-order valence-electron chi connectivity index (χ1n) is 9.06. The van der Waals surface area contributed by atoms with E-state index in [0.717, 1.165) is 48.3 Å². The van der Waals surface area contributed by atoms with Gasteiger partial charge in [-0.3, -0.25) is 14.9 Å². The molecule has 1 aliphatic heterocycles. The third-order valence-electron chi connectivity index (χ3n) is 5.01. The van der Waals surface area contributed by atoms with E-state index < -0.39 is 0 Å². The number of hydrogen-bond donors (Lipinski definition) is 1. The summed E-state index contributed by atoms with van der Waals surface area (Å²) in [6.07, 6.45) is 7.88. The van der Waals surface area contributed by atoms with Crippen LogP contribution in [0, 0.1) is 0 Å². The van der Waals surface area contributed by atoms with E-state index in [0.29, 0.717) is 12.3 Å². The molecule has 1 aliphatic rings. The van der Waals surface area contributed by atoms with Crippen molar-refractivity contribution in [1.29, 1.82) is 0 Å². The van der Waals surface area contributed by atoms with Gasteiger partial charge in [-0.2, -0.15) is 5.10 Å². The number of carbonyl (C=O) groups excluding carboxylic acids is 1. The molecule has 4 rings (SSSR count). The predicted octanol–water partition coefficient (Wildman–Crippen LogP) is 3.42. The van der Waals surface area contributed by atoms with Crippen molar-refractivity contribution in [2.45, 2.75) is 25.2 Å². The van der Waals surface area contributed by atoms with E-state index in [2.05, 4.69) is 27.3 Å². The molecule has 0 bridgehead atoms. The third-order valence-corrected chi connectivity index (χ3v) is 5.01. The highest BCUT2D eigenvalue weighted by Gasteiger charge is 2.27. The Hall–Kier alpha value is -2.95. The van der Waals surface area contributed by atoms with E-state index >= 15 is 0 Å². The summed E-state index contributed by atoms with van der Waals surface area (Å²) in [6.45, 7) is 1.56. The van der Waals surface area contributed by atoms with E-state index in [4.69, 9.17) is 0 Å². The van der Waals surface area contributed by atoms with Gasteiger partial charge in [0.15, 0.2) is 0 Å². The first-order chi connectivity index (χ1) is 12.8. The van der Waals surface area contributed by atoms with Gasteiger partial charge >= 0.3 is 0 Å². The molecule has 0 spiro atoms. The average Bonchev–Trinajstić information content (AvgIpc) is 3.19. The smallest absolute Gasteiger partial charge is 0.227 e. The predicted molar refractivity (Wildman–Crippen MR) is 101 cm³/mol. The molecule has 2 aromatic heterocycles. The van der Waals surface area contributed by atoms with Gasteiger partial charge in [0.2, 0.25) is 5.91 Å². The Morgan fingerprint density at radius 1 is 1.15 bits per heavy atom. The summed E-state index contributed by atoms with van der Waals surface area (Å²) in [4.78, 5) is 18.8. The molecule has 1 amide bonds. The van der Waals surface area contributed by atoms with Crippen LogP contribution in [0.5, 0.6) is 0 Å². The summed E-state index contributed by atoms with van der Waals surface area (Å²) < 4.78 is 0. The summed E-state index contributed by atoms with van der Waals surface area (Å²) in [5, 5.41) is 7.46. The maximum absolute atomic E-state index is 12.7. The number of amides is 1. The van der Waals surface area contributed by atoms with Gasteiger partial charge in [-0.15, -0.1) is 0 Å². The molecule has 0 saturated carbocycles. The van der Waals surface area contributed by atoms with Gasteiger partial charge in [0, 0.05) is 42.7 Å². The summed E-state index contributed by atoms with van der Waals surface area (Å²) in [6, 6.07) is 14.1. The van der Waals surface area contributed by atoms with Gasteiger partial charge in [0.25, 0.3) is 0 Å². The fraction of sp³-hybridized carbons (Fsp3) is 0.286. The van der Waals surface area contributed by atoms with Gasteiger partial charge in [0.1, 0.15) is 0 Å². The van der Waals surface area contributed by atoms with E-state index in [9.17, 15) is 4.79 Å². The minimum Gasteiger partial charge on any atom is -0.342 e. The van der Waals surface area contributed by atoms with Crippen molar-refractivity contribution in [2.24, 2.45) is 0 Å². The van der Waals surface area contributed by atoms with Gasteiger partial charge in [-0.25, -0.2) is 0 Å². The lowest BCUT2D eigenvalue weighted by molar-refractivity contribution is -0.131. The first kappa shape index (κ1) is 16.5. The number of rotatable bonds is 4. The SMILES string of the molecule is O=C(Cc1cccnc1)N1CCC[C@H](c2[nH]ncc2-c2ccccc2)C1. The zero-order valence-corrected chi connectivity index (χ0v) is 14.6. The number of carbonyl (C=O) groups is 1. The number of H-pyrrole nitrogens is 1. The number of piperidine rings is 1. The average molecular weight is 346 g/mol. The highest BCUT2D eigenvalue weighted by atomic mass is 16.2. The molecule has 1 aromatic carbocycles. The Bertz CT molecular complexity index is 860. The number of aromatic nitrogens is 3. The van der Waals surface area contributed by atoms with E-state index in [1.165, 1.54) is 0 Å². The second kappa shape index (κ2) is 7.52. The molecular formula is C21H22N4O. The Morgan fingerprint density at radius 2 is 2.04 bits per heavy atom. The fourth-order valence-corrected chi connectivity index (χ4v) is 3.68. The monoisotopic (exact) mass is 346 g/mol. The number of aromatic amines is 1. The van der Waals surface area contributed by atoms with Crippen LogP contribution in [0.2, 0.25) is 0 Å². The lowest BCUT2D eigenvalue weighted by Crippen LogP contribution is -2.40. The lowest BCUT2D eigenvalue weighted by Gasteiger charge is -2.33. The van der Waals surface area contributed by atoms with Gasteiger partial charge in [0.05, 0.1) is 12.6 Å². The molecule has 0 unspecified atom stereocenters. The Morgan fingerprint density at radius 3 is 2.85 bits per heavy atom. The van der Waals surface area contributed by atoms with E-state index in [1.807, 2.05) is 41.4 Å². The number of pyridine rings is 1. The molecule has 1 fully saturated rings. The summed E-state index contributed by atoms with van der Waals surface area (Å²) >= 11 is 0. The normalized spacial score (nSPS) is 17.2. The molecule has 26 heavy (non-hydrogen) atoms. The largest absolute Gasteiger partial charge is 0.342 e. The van der Waals surface area contributed by atoms with Crippen LogP contribution >= 0.6 is 0 Å². The molecular weight excluding hydrogens is 324 g/mol. The number of nitrogens with one attached hydrogen (secondary N) is 1. The Labute approximate surface area is 153 Å². The van der Waals surface area contributed by atoms with Crippen molar-refractivity contribution in [3.8, 4) is 11.1 Å². The van der Waals surface area contributed by atoms with Crippen LogP contribution in [0.25, 0.3) is 11.1 Å². The number of hydrogen-bond acceptors (Lipinski definition) is 3. The molecule has 1 saturated heterocycles. The van der Waals surface area contributed by atoms with Crippen molar-refractivity contribution in [1.82, 2.24) is 20.1 Å². The van der Waals surface area contributed by atoms with Crippen molar-refractivity contribution in [3.63, 3.8) is 0 Å². The summed E-state index contributed by atoms with van der Waals surface area (Å²) in [5.41, 5.74) is 4.40. The van der Waals surface area contributed by atoms with Crippen LogP contribution in [0.3, 0.4) is 0 Å². The van der Waals surface area contributed by atoms with Crippen LogP contribution < -0.4 is 0 Å². The third kappa shape index (κ3) is 3.52. The van der Waals surface area contributed by atoms with E-state index in [1.54, 1.807) is 12.4 Å². The van der Waals surface area contributed by atoms with Crippen LogP contribution in [-0.4, -0.2) is 39.1 Å².